The van der Waals surface area contributed by atoms with Crippen molar-refractivity contribution in [3.8, 4) is 0 Å². The Kier molecular flexibility index (Phi) is 4.20. The van der Waals surface area contributed by atoms with Crippen molar-refractivity contribution >= 4 is 40.5 Å². The molecule has 0 atom stereocenters. The first-order valence-electron chi connectivity index (χ1n) is 4.08. The molecule has 0 unspecified atom stereocenters. The molecule has 0 radical (unpaired) electrons. The zero-order valence-electron chi connectivity index (χ0n) is 8.01. The lowest BCUT2D eigenvalue weighted by Gasteiger charge is -2.09. The Labute approximate surface area is 97.3 Å². The maximum absolute atomic E-state index is 11.2. The van der Waals surface area contributed by atoms with Gasteiger partial charge in [0.25, 0.3) is 0 Å². The highest BCUT2D eigenvalue weighted by Gasteiger charge is 2.10. The number of rotatable bonds is 3. The van der Waals surface area contributed by atoms with Gasteiger partial charge in [-0.25, -0.2) is 0 Å². The third-order valence-electron chi connectivity index (χ3n) is 1.60. The molecule has 0 aromatic heterocycles. The molecule has 0 aliphatic carbocycles. The number of amides is 1. The molecule has 0 aliphatic rings. The SMILES string of the molecule is COCC(=O)Nc1c(Cl)cc(N)cc1Cl. The Balaban J connectivity index is 2.90. The molecule has 0 saturated heterocycles. The summed E-state index contributed by atoms with van der Waals surface area (Å²) in [6.45, 7) is -0.0585. The van der Waals surface area contributed by atoms with Crippen LogP contribution in [0.1, 0.15) is 0 Å². The number of ether oxygens (including phenoxy) is 1. The van der Waals surface area contributed by atoms with Crippen molar-refractivity contribution in [1.82, 2.24) is 0 Å². The molecule has 0 heterocycles. The van der Waals surface area contributed by atoms with Crippen LogP contribution >= 0.6 is 23.2 Å². The highest BCUT2D eigenvalue weighted by atomic mass is 35.5. The van der Waals surface area contributed by atoms with Crippen molar-refractivity contribution in [2.24, 2.45) is 0 Å². The van der Waals surface area contributed by atoms with Gasteiger partial charge in [0.15, 0.2) is 0 Å². The lowest BCUT2D eigenvalue weighted by molar-refractivity contribution is -0.119. The third-order valence-corrected chi connectivity index (χ3v) is 2.20. The average Bonchev–Trinajstić information content (AvgIpc) is 2.11. The molecule has 1 aromatic rings. The maximum Gasteiger partial charge on any atom is 0.250 e. The van der Waals surface area contributed by atoms with Crippen LogP contribution in [-0.4, -0.2) is 19.6 Å². The lowest BCUT2D eigenvalue weighted by atomic mass is 10.3. The van der Waals surface area contributed by atoms with Crippen molar-refractivity contribution < 1.29 is 9.53 Å². The number of methoxy groups -OCH3 is 1. The second-order valence-electron chi connectivity index (χ2n) is 2.84. The maximum atomic E-state index is 11.2. The van der Waals surface area contributed by atoms with E-state index in [2.05, 4.69) is 10.1 Å². The van der Waals surface area contributed by atoms with E-state index in [9.17, 15) is 4.79 Å². The van der Waals surface area contributed by atoms with Gasteiger partial charge >= 0.3 is 0 Å². The number of anilines is 2. The minimum absolute atomic E-state index is 0.0585. The van der Waals surface area contributed by atoms with Crippen LogP contribution in [0.3, 0.4) is 0 Å². The molecule has 1 amide bonds. The van der Waals surface area contributed by atoms with Crippen LogP contribution in [0.4, 0.5) is 11.4 Å². The summed E-state index contributed by atoms with van der Waals surface area (Å²) in [7, 11) is 1.42. The van der Waals surface area contributed by atoms with E-state index in [0.29, 0.717) is 21.4 Å². The first-order chi connectivity index (χ1) is 7.04. The fraction of sp³-hybridized carbons (Fsp3) is 0.222. The predicted molar refractivity (Wildman–Crippen MR) is 61.4 cm³/mol. The molecule has 0 saturated carbocycles. The standard InChI is InChI=1S/C9H10Cl2N2O2/c1-15-4-8(14)13-9-6(10)2-5(12)3-7(9)11/h2-3H,4,12H2,1H3,(H,13,14). The molecular formula is C9H10Cl2N2O2. The van der Waals surface area contributed by atoms with Crippen LogP contribution < -0.4 is 11.1 Å². The smallest absolute Gasteiger partial charge is 0.250 e. The Morgan fingerprint density at radius 1 is 1.47 bits per heavy atom. The summed E-state index contributed by atoms with van der Waals surface area (Å²) in [6, 6.07) is 3.02. The van der Waals surface area contributed by atoms with Gasteiger partial charge in [-0.2, -0.15) is 0 Å². The van der Waals surface area contributed by atoms with Gasteiger partial charge in [0.05, 0.1) is 15.7 Å². The number of nitrogen functional groups attached to an aromatic ring is 1. The normalized spacial score (nSPS) is 10.1. The van der Waals surface area contributed by atoms with Crippen LogP contribution in [0.15, 0.2) is 12.1 Å². The predicted octanol–water partition coefficient (Wildman–Crippen LogP) is 2.16. The number of nitrogens with one attached hydrogen (secondary N) is 1. The lowest BCUT2D eigenvalue weighted by Crippen LogP contribution is -2.17. The van der Waals surface area contributed by atoms with Gasteiger partial charge in [0, 0.05) is 12.8 Å². The van der Waals surface area contributed by atoms with Gasteiger partial charge in [-0.15, -0.1) is 0 Å². The molecule has 6 heteroatoms. The molecule has 1 aromatic carbocycles. The van der Waals surface area contributed by atoms with Gasteiger partial charge in [-0.1, -0.05) is 23.2 Å². The summed E-state index contributed by atoms with van der Waals surface area (Å²) >= 11 is 11.7. The van der Waals surface area contributed by atoms with Crippen LogP contribution in [0, 0.1) is 0 Å². The first kappa shape index (κ1) is 12.1. The summed E-state index contributed by atoms with van der Waals surface area (Å²) in [4.78, 5) is 11.2. The average molecular weight is 249 g/mol. The summed E-state index contributed by atoms with van der Waals surface area (Å²) in [5, 5.41) is 3.11. The van der Waals surface area contributed by atoms with Gasteiger partial charge < -0.3 is 15.8 Å². The number of nitrogens with two attached hydrogens (primary N) is 1. The van der Waals surface area contributed by atoms with Crippen molar-refractivity contribution in [3.05, 3.63) is 22.2 Å². The third kappa shape index (κ3) is 3.27. The number of benzene rings is 1. The largest absolute Gasteiger partial charge is 0.399 e. The fourth-order valence-corrected chi connectivity index (χ4v) is 1.62. The zero-order valence-corrected chi connectivity index (χ0v) is 9.52. The molecule has 4 nitrogen and oxygen atoms in total. The second-order valence-corrected chi connectivity index (χ2v) is 3.66. The zero-order chi connectivity index (χ0) is 11.4. The molecule has 3 N–H and O–H groups in total. The minimum atomic E-state index is -0.328. The Bertz CT molecular complexity index is 359. The highest BCUT2D eigenvalue weighted by Crippen LogP contribution is 2.32. The molecule has 82 valence electrons. The van der Waals surface area contributed by atoms with E-state index in [1.54, 1.807) is 0 Å². The number of carbonyl (C=O) groups excluding carboxylic acids is 1. The molecule has 0 aliphatic heterocycles. The molecule has 0 fully saturated rings. The van der Waals surface area contributed by atoms with Crippen molar-refractivity contribution in [1.29, 1.82) is 0 Å². The quantitative estimate of drug-likeness (QED) is 0.807. The van der Waals surface area contributed by atoms with Gasteiger partial charge in [0.2, 0.25) is 5.91 Å². The summed E-state index contributed by atoms with van der Waals surface area (Å²) in [6.07, 6.45) is 0. The number of hydrogen-bond acceptors (Lipinski definition) is 3. The van der Waals surface area contributed by atoms with Crippen LogP contribution in [0.25, 0.3) is 0 Å². The minimum Gasteiger partial charge on any atom is -0.399 e. The van der Waals surface area contributed by atoms with Gasteiger partial charge in [0.1, 0.15) is 6.61 Å². The summed E-state index contributed by atoms with van der Waals surface area (Å²) < 4.78 is 4.66. The highest BCUT2D eigenvalue weighted by molar-refractivity contribution is 6.40. The van der Waals surface area contributed by atoms with E-state index in [1.165, 1.54) is 19.2 Å². The Hall–Kier alpha value is -0.970. The van der Waals surface area contributed by atoms with Crippen molar-refractivity contribution in [3.63, 3.8) is 0 Å². The van der Waals surface area contributed by atoms with E-state index in [-0.39, 0.29) is 12.5 Å². The van der Waals surface area contributed by atoms with Crippen LogP contribution in [0.5, 0.6) is 0 Å². The fourth-order valence-electron chi connectivity index (χ4n) is 1.02. The summed E-state index contributed by atoms with van der Waals surface area (Å²) in [5.74, 6) is -0.328. The molecule has 0 spiro atoms. The first-order valence-corrected chi connectivity index (χ1v) is 4.83. The van der Waals surface area contributed by atoms with E-state index in [1.807, 2.05) is 0 Å². The number of carbonyl (C=O) groups is 1. The Morgan fingerprint density at radius 3 is 2.47 bits per heavy atom. The van der Waals surface area contributed by atoms with E-state index in [0.717, 1.165) is 0 Å². The monoisotopic (exact) mass is 248 g/mol. The van der Waals surface area contributed by atoms with Crippen LogP contribution in [0.2, 0.25) is 10.0 Å². The molecule has 0 bridgehead atoms. The topological polar surface area (TPSA) is 64.3 Å². The van der Waals surface area contributed by atoms with E-state index in [4.69, 9.17) is 28.9 Å². The molecule has 15 heavy (non-hydrogen) atoms. The Morgan fingerprint density at radius 2 is 2.00 bits per heavy atom. The number of hydrogen-bond donors (Lipinski definition) is 2. The molecule has 1 rings (SSSR count). The van der Waals surface area contributed by atoms with Crippen LogP contribution in [-0.2, 0) is 9.53 Å². The van der Waals surface area contributed by atoms with Gasteiger partial charge in [-0.05, 0) is 12.1 Å². The van der Waals surface area contributed by atoms with E-state index < -0.39 is 0 Å². The van der Waals surface area contributed by atoms with Crippen molar-refractivity contribution in [2.45, 2.75) is 0 Å². The summed E-state index contributed by atoms with van der Waals surface area (Å²) in [5.41, 5.74) is 6.29. The van der Waals surface area contributed by atoms with E-state index >= 15 is 0 Å². The van der Waals surface area contributed by atoms with Gasteiger partial charge in [-0.3, -0.25) is 4.79 Å². The number of halogens is 2. The second kappa shape index (κ2) is 5.21. The van der Waals surface area contributed by atoms with Crippen molar-refractivity contribution in [2.75, 3.05) is 24.8 Å². The molecular weight excluding hydrogens is 239 g/mol.